The minimum Gasteiger partial charge on any atom is -0.444 e. The van der Waals surface area contributed by atoms with Crippen molar-refractivity contribution in [2.24, 2.45) is 5.14 Å². The van der Waals surface area contributed by atoms with Crippen LogP contribution in [0, 0.1) is 5.82 Å². The predicted molar refractivity (Wildman–Crippen MR) is 116 cm³/mol. The van der Waals surface area contributed by atoms with Crippen molar-refractivity contribution in [3.8, 4) is 0 Å². The van der Waals surface area contributed by atoms with Crippen LogP contribution in [-0.4, -0.2) is 69.2 Å². The molecular formula is C18H26FN5O4S2. The van der Waals surface area contributed by atoms with E-state index in [-0.39, 0.29) is 19.2 Å². The second-order valence-electron chi connectivity index (χ2n) is 7.18. The number of anilines is 2. The zero-order valence-corrected chi connectivity index (χ0v) is 18.3. The van der Waals surface area contributed by atoms with Gasteiger partial charge >= 0.3 is 6.09 Å². The van der Waals surface area contributed by atoms with E-state index in [4.69, 9.17) is 22.1 Å². The minimum absolute atomic E-state index is 0.190. The largest absolute Gasteiger partial charge is 0.444 e. The highest BCUT2D eigenvalue weighted by molar-refractivity contribution is 7.86. The molecule has 1 aromatic rings. The van der Waals surface area contributed by atoms with E-state index in [1.165, 1.54) is 11.0 Å². The zero-order valence-electron chi connectivity index (χ0n) is 16.7. The van der Waals surface area contributed by atoms with Crippen molar-refractivity contribution < 1.29 is 22.3 Å². The lowest BCUT2D eigenvalue weighted by atomic mass is 10.2. The summed E-state index contributed by atoms with van der Waals surface area (Å²) in [5.41, 5.74) is 0.776. The zero-order chi connectivity index (χ0) is 21.9. The van der Waals surface area contributed by atoms with Crippen LogP contribution in [0.3, 0.4) is 0 Å². The lowest BCUT2D eigenvalue weighted by molar-refractivity contribution is 0.137. The number of carbonyl (C=O) groups is 1. The Morgan fingerprint density at radius 2 is 2.03 bits per heavy atom. The Hall–Kier alpha value is -2.02. The fraction of sp³-hybridized carbons (Fsp3) is 0.556. The minimum atomic E-state index is -3.74. The summed E-state index contributed by atoms with van der Waals surface area (Å²) in [5, 5.41) is 8.24. The van der Waals surface area contributed by atoms with E-state index in [1.807, 2.05) is 6.92 Å². The first-order chi connectivity index (χ1) is 14.2. The number of halogens is 1. The average molecular weight is 460 g/mol. The predicted octanol–water partition coefficient (Wildman–Crippen LogP) is 1.19. The van der Waals surface area contributed by atoms with Crippen molar-refractivity contribution in [2.45, 2.75) is 25.9 Å². The molecule has 3 rings (SSSR count). The maximum atomic E-state index is 14.8. The van der Waals surface area contributed by atoms with E-state index < -0.39 is 22.1 Å². The molecule has 166 valence electrons. The van der Waals surface area contributed by atoms with Crippen LogP contribution in [0.5, 0.6) is 0 Å². The molecule has 0 bridgehead atoms. The Balaban J connectivity index is 1.60. The molecule has 9 nitrogen and oxygen atoms in total. The maximum absolute atomic E-state index is 14.8. The molecule has 1 atom stereocenters. The summed E-state index contributed by atoms with van der Waals surface area (Å²) in [7, 11) is -3.74. The number of thiocarbonyl (C=S) groups is 1. The molecule has 1 amide bonds. The van der Waals surface area contributed by atoms with Gasteiger partial charge < -0.3 is 15.0 Å². The van der Waals surface area contributed by atoms with Gasteiger partial charge in [0.1, 0.15) is 11.9 Å². The Kier molecular flexibility index (Phi) is 7.11. The highest BCUT2D eigenvalue weighted by atomic mass is 32.2. The molecule has 0 saturated carbocycles. The van der Waals surface area contributed by atoms with Crippen LogP contribution in [0.2, 0.25) is 0 Å². The van der Waals surface area contributed by atoms with Crippen LogP contribution >= 0.6 is 12.2 Å². The molecule has 30 heavy (non-hydrogen) atoms. The lowest BCUT2D eigenvalue weighted by Gasteiger charge is -2.34. The number of nitrogens with two attached hydrogens (primary N) is 1. The fourth-order valence-corrected chi connectivity index (χ4v) is 4.26. The Morgan fingerprint density at radius 3 is 2.63 bits per heavy atom. The second kappa shape index (κ2) is 9.41. The third-order valence-electron chi connectivity index (χ3n) is 5.17. The fourth-order valence-electron chi connectivity index (χ4n) is 3.48. The highest BCUT2D eigenvalue weighted by Gasteiger charge is 2.33. The van der Waals surface area contributed by atoms with E-state index in [1.54, 1.807) is 17.0 Å². The number of carbonyl (C=O) groups excluding carboxylic acids is 1. The van der Waals surface area contributed by atoms with Gasteiger partial charge in [-0.05, 0) is 24.6 Å². The quantitative estimate of drug-likeness (QED) is 0.590. The summed E-state index contributed by atoms with van der Waals surface area (Å²) < 4.78 is 44.1. The summed E-state index contributed by atoms with van der Waals surface area (Å²) in [4.78, 5) is 16.1. The number of benzene rings is 1. The number of cyclic esters (lactones) is 1. The molecule has 0 unspecified atom stereocenters. The number of hydrogen-bond acceptors (Lipinski definition) is 6. The van der Waals surface area contributed by atoms with E-state index >= 15 is 0 Å². The first-order valence-corrected chi connectivity index (χ1v) is 11.7. The summed E-state index contributed by atoms with van der Waals surface area (Å²) >= 11 is 5.11. The highest BCUT2D eigenvalue weighted by Crippen LogP contribution is 2.29. The molecule has 0 aliphatic carbocycles. The van der Waals surface area contributed by atoms with Gasteiger partial charge in [0.05, 0.1) is 22.9 Å². The first-order valence-electron chi connectivity index (χ1n) is 9.76. The number of nitrogens with zero attached hydrogens (tertiary/aromatic N) is 3. The second-order valence-corrected chi connectivity index (χ2v) is 9.21. The van der Waals surface area contributed by atoms with Crippen molar-refractivity contribution in [3.63, 3.8) is 0 Å². The lowest BCUT2D eigenvalue weighted by Crippen LogP contribution is -2.50. The van der Waals surface area contributed by atoms with Gasteiger partial charge in [-0.2, -0.15) is 12.7 Å². The molecule has 0 spiro atoms. The normalized spacial score (nSPS) is 20.4. The number of rotatable bonds is 7. The molecule has 0 radical (unpaired) electrons. The summed E-state index contributed by atoms with van der Waals surface area (Å²) in [5.74, 6) is -0.484. The molecule has 2 aliphatic heterocycles. The van der Waals surface area contributed by atoms with Crippen molar-refractivity contribution in [3.05, 3.63) is 24.0 Å². The van der Waals surface area contributed by atoms with E-state index in [2.05, 4.69) is 5.32 Å². The van der Waals surface area contributed by atoms with Crippen LogP contribution in [0.15, 0.2) is 18.2 Å². The summed E-state index contributed by atoms with van der Waals surface area (Å²) in [6.45, 7) is 3.94. The Bertz CT molecular complexity index is 906. The van der Waals surface area contributed by atoms with Crippen molar-refractivity contribution >= 4 is 44.9 Å². The molecule has 0 aromatic heterocycles. The number of amides is 1. The van der Waals surface area contributed by atoms with Crippen LogP contribution in [0.25, 0.3) is 0 Å². The van der Waals surface area contributed by atoms with Crippen molar-refractivity contribution in [1.29, 1.82) is 0 Å². The number of nitrogens with one attached hydrogen (secondary N) is 1. The van der Waals surface area contributed by atoms with E-state index in [0.29, 0.717) is 44.0 Å². The SMILES string of the molecule is CCC(=S)NCC[C@H]1CN(c2ccc(N3CCN(S(N)(=O)=O)CC3)c(F)c2)C(=O)O1. The third kappa shape index (κ3) is 5.36. The van der Waals surface area contributed by atoms with Gasteiger partial charge in [-0.3, -0.25) is 4.90 Å². The number of ether oxygens (including phenoxy) is 1. The molecule has 2 aliphatic rings. The van der Waals surface area contributed by atoms with Crippen LogP contribution in [0.1, 0.15) is 19.8 Å². The number of hydrogen-bond donors (Lipinski definition) is 2. The van der Waals surface area contributed by atoms with E-state index in [9.17, 15) is 17.6 Å². The van der Waals surface area contributed by atoms with Crippen LogP contribution < -0.4 is 20.3 Å². The monoisotopic (exact) mass is 459 g/mol. The van der Waals surface area contributed by atoms with Gasteiger partial charge in [-0.1, -0.05) is 19.1 Å². The first kappa shape index (κ1) is 22.7. The Morgan fingerprint density at radius 1 is 1.33 bits per heavy atom. The number of piperazine rings is 1. The van der Waals surface area contributed by atoms with Gasteiger partial charge in [0.2, 0.25) is 0 Å². The molecule has 2 saturated heterocycles. The van der Waals surface area contributed by atoms with E-state index in [0.717, 1.165) is 15.7 Å². The molecule has 2 heterocycles. The average Bonchev–Trinajstić information content (AvgIpc) is 3.07. The van der Waals surface area contributed by atoms with Gasteiger partial charge in [-0.25, -0.2) is 14.3 Å². The van der Waals surface area contributed by atoms with Gasteiger partial charge in [0.15, 0.2) is 0 Å². The van der Waals surface area contributed by atoms with Gasteiger partial charge in [-0.15, -0.1) is 0 Å². The standard InChI is InChI=1S/C18H26FN5O4S2/c1-2-17(29)21-6-5-14-12-24(18(25)28-14)13-3-4-16(15(19)11-13)22-7-9-23(10-8-22)30(20,26)27/h3-4,11,14H,2,5-10,12H2,1H3,(H,21,29)(H2,20,26,27)/t14-/m0/s1. The van der Waals surface area contributed by atoms with Crippen LogP contribution in [-0.2, 0) is 14.9 Å². The van der Waals surface area contributed by atoms with Crippen molar-refractivity contribution in [1.82, 2.24) is 9.62 Å². The molecule has 2 fully saturated rings. The van der Waals surface area contributed by atoms with Gasteiger partial charge in [0, 0.05) is 39.1 Å². The third-order valence-corrected chi connectivity index (χ3v) is 6.68. The van der Waals surface area contributed by atoms with Gasteiger partial charge in [0.25, 0.3) is 10.2 Å². The smallest absolute Gasteiger partial charge is 0.414 e. The maximum Gasteiger partial charge on any atom is 0.414 e. The molecular weight excluding hydrogens is 433 g/mol. The molecule has 12 heteroatoms. The molecule has 3 N–H and O–H groups in total. The molecule has 1 aromatic carbocycles. The topological polar surface area (TPSA) is 108 Å². The van der Waals surface area contributed by atoms with Crippen LogP contribution in [0.4, 0.5) is 20.6 Å². The Labute approximate surface area is 181 Å². The van der Waals surface area contributed by atoms with Crippen molar-refractivity contribution in [2.75, 3.05) is 49.1 Å². The summed E-state index contributed by atoms with van der Waals surface area (Å²) in [6.07, 6.45) is 0.567. The summed E-state index contributed by atoms with van der Waals surface area (Å²) in [6, 6.07) is 4.56.